The number of fused-ring (bicyclic) bond motifs is 3. The molecule has 0 spiro atoms. The number of nitrogens with zero attached hydrogens (tertiary/aromatic N) is 3. The van der Waals surface area contributed by atoms with Crippen LogP contribution in [0, 0.1) is 5.82 Å². The molecule has 0 atom stereocenters. The molecule has 0 saturated carbocycles. The van der Waals surface area contributed by atoms with E-state index >= 15 is 0 Å². The molecular weight excluding hydrogens is 431 g/mol. The molecule has 0 aliphatic heterocycles. The highest BCUT2D eigenvalue weighted by atomic mass is 32.2. The lowest BCUT2D eigenvalue weighted by atomic mass is 10.2. The van der Waals surface area contributed by atoms with Gasteiger partial charge in [-0.2, -0.15) is 0 Å². The van der Waals surface area contributed by atoms with Crippen LogP contribution in [0.3, 0.4) is 0 Å². The van der Waals surface area contributed by atoms with Gasteiger partial charge in [0.1, 0.15) is 22.6 Å². The fourth-order valence-corrected chi connectivity index (χ4v) is 4.49. The molecule has 1 N–H and O–H groups in total. The number of anilines is 1. The molecule has 0 radical (unpaired) electrons. The predicted octanol–water partition coefficient (Wildman–Crippen LogP) is 4.18. The van der Waals surface area contributed by atoms with Gasteiger partial charge in [-0.25, -0.2) is 9.37 Å². The number of para-hydroxylation sites is 1. The van der Waals surface area contributed by atoms with Crippen LogP contribution in [-0.4, -0.2) is 32.9 Å². The molecule has 2 aromatic carbocycles. The van der Waals surface area contributed by atoms with Crippen LogP contribution in [0.2, 0.25) is 0 Å². The Bertz CT molecular complexity index is 1380. The number of aromatic nitrogens is 3. The number of ether oxygens (including phenoxy) is 1. The quantitative estimate of drug-likeness (QED) is 0.335. The van der Waals surface area contributed by atoms with Crippen LogP contribution >= 0.6 is 11.8 Å². The number of nitrogens with one attached hydrogen (secondary N) is 1. The molecule has 0 aliphatic rings. The highest BCUT2D eigenvalue weighted by Crippen LogP contribution is 2.30. The molecule has 1 amide bonds. The molecule has 2 aromatic heterocycles. The molecule has 0 aliphatic carbocycles. The van der Waals surface area contributed by atoms with Gasteiger partial charge >= 0.3 is 0 Å². The van der Waals surface area contributed by atoms with E-state index in [0.29, 0.717) is 28.5 Å². The summed E-state index contributed by atoms with van der Waals surface area (Å²) in [6.07, 6.45) is 0.736. The average Bonchev–Trinajstić information content (AvgIpc) is 3.07. The van der Waals surface area contributed by atoms with Gasteiger partial charge in [-0.3, -0.25) is 14.2 Å². The van der Waals surface area contributed by atoms with Crippen LogP contribution in [0.15, 0.2) is 52.4 Å². The smallest absolute Gasteiger partial charge is 0.278 e. The number of amides is 1. The Balaban J connectivity index is 1.73. The summed E-state index contributed by atoms with van der Waals surface area (Å²) in [6, 6.07) is 11.6. The monoisotopic (exact) mass is 454 g/mol. The van der Waals surface area contributed by atoms with Crippen LogP contribution in [0.1, 0.15) is 13.3 Å². The zero-order valence-electron chi connectivity index (χ0n) is 18.0. The Labute approximate surface area is 188 Å². The molecule has 4 aromatic rings. The van der Waals surface area contributed by atoms with Gasteiger partial charge < -0.3 is 14.6 Å². The third-order valence-corrected chi connectivity index (χ3v) is 6.17. The van der Waals surface area contributed by atoms with E-state index in [1.165, 1.54) is 12.1 Å². The summed E-state index contributed by atoms with van der Waals surface area (Å²) in [4.78, 5) is 30.6. The van der Waals surface area contributed by atoms with E-state index < -0.39 is 5.82 Å². The number of hydrogen-bond donors (Lipinski definition) is 1. The zero-order valence-corrected chi connectivity index (χ0v) is 18.8. The minimum atomic E-state index is -0.502. The van der Waals surface area contributed by atoms with Gasteiger partial charge in [0.2, 0.25) is 5.91 Å². The van der Waals surface area contributed by atoms with E-state index in [9.17, 15) is 14.0 Å². The van der Waals surface area contributed by atoms with Crippen molar-refractivity contribution in [3.05, 3.63) is 58.6 Å². The highest BCUT2D eigenvalue weighted by Gasteiger charge is 2.19. The van der Waals surface area contributed by atoms with E-state index in [1.54, 1.807) is 23.8 Å². The lowest BCUT2D eigenvalue weighted by Gasteiger charge is -2.12. The third-order valence-electron chi connectivity index (χ3n) is 5.19. The number of halogens is 1. The maximum Gasteiger partial charge on any atom is 0.278 e. The minimum absolute atomic E-state index is 0.00984. The Morgan fingerprint density at radius 1 is 1.25 bits per heavy atom. The second-order valence-corrected chi connectivity index (χ2v) is 8.25. The van der Waals surface area contributed by atoms with Gasteiger partial charge in [0.15, 0.2) is 5.16 Å². The van der Waals surface area contributed by atoms with Gasteiger partial charge in [-0.1, -0.05) is 30.8 Å². The Morgan fingerprint density at radius 2 is 2.03 bits per heavy atom. The van der Waals surface area contributed by atoms with E-state index in [4.69, 9.17) is 9.72 Å². The molecule has 7 nitrogen and oxygen atoms in total. The number of carbonyl (C=O) groups excluding carboxylic acids is 1. The lowest BCUT2D eigenvalue weighted by molar-refractivity contribution is -0.113. The number of hydrogen-bond acceptors (Lipinski definition) is 5. The molecule has 32 heavy (non-hydrogen) atoms. The van der Waals surface area contributed by atoms with Crippen LogP contribution < -0.4 is 15.6 Å². The Hall–Kier alpha value is -3.33. The maximum atomic E-state index is 13.8. The lowest BCUT2D eigenvalue weighted by Crippen LogP contribution is -2.25. The molecule has 4 rings (SSSR count). The van der Waals surface area contributed by atoms with Crippen molar-refractivity contribution in [2.45, 2.75) is 25.0 Å². The zero-order chi connectivity index (χ0) is 22.8. The first-order chi connectivity index (χ1) is 15.4. The molecule has 2 heterocycles. The summed E-state index contributed by atoms with van der Waals surface area (Å²) in [6.45, 7) is 2.45. The summed E-state index contributed by atoms with van der Waals surface area (Å²) in [7, 11) is 3.43. The first kappa shape index (κ1) is 21.9. The molecular formula is C23H23FN4O3S. The molecule has 0 fully saturated rings. The van der Waals surface area contributed by atoms with Gasteiger partial charge in [0, 0.05) is 19.0 Å². The van der Waals surface area contributed by atoms with Gasteiger partial charge in [-0.05, 0) is 36.8 Å². The molecule has 0 unspecified atom stereocenters. The number of thioether (sulfide) groups is 1. The van der Waals surface area contributed by atoms with Crippen molar-refractivity contribution in [1.82, 2.24) is 14.1 Å². The average molecular weight is 455 g/mol. The summed E-state index contributed by atoms with van der Waals surface area (Å²) in [5.74, 6) is -0.220. The van der Waals surface area contributed by atoms with Crippen molar-refractivity contribution in [2.75, 3.05) is 18.2 Å². The topological polar surface area (TPSA) is 78.2 Å². The van der Waals surface area contributed by atoms with Crippen molar-refractivity contribution in [3.8, 4) is 5.75 Å². The number of benzene rings is 2. The van der Waals surface area contributed by atoms with E-state index in [1.807, 2.05) is 36.7 Å². The van der Waals surface area contributed by atoms with Crippen LogP contribution in [0.5, 0.6) is 5.75 Å². The molecule has 166 valence electrons. The number of rotatable bonds is 7. The summed E-state index contributed by atoms with van der Waals surface area (Å²) in [5, 5.41) is 3.82. The predicted molar refractivity (Wildman–Crippen MR) is 125 cm³/mol. The molecule has 0 bridgehead atoms. The van der Waals surface area contributed by atoms with Crippen molar-refractivity contribution in [3.63, 3.8) is 0 Å². The SMILES string of the molecule is CCCn1c(SCC(=O)Nc2ccccc2F)nc2c3cc(OC)ccc3n(C)c2c1=O. The second-order valence-electron chi connectivity index (χ2n) is 7.31. The number of methoxy groups -OCH3 is 1. The highest BCUT2D eigenvalue weighted by molar-refractivity contribution is 7.99. The van der Waals surface area contributed by atoms with Gasteiger partial charge in [0.25, 0.3) is 5.56 Å². The molecule has 9 heteroatoms. The third kappa shape index (κ3) is 3.95. The van der Waals surface area contributed by atoms with Gasteiger partial charge in [-0.15, -0.1) is 0 Å². The van der Waals surface area contributed by atoms with E-state index in [-0.39, 0.29) is 22.9 Å². The number of aryl methyl sites for hydroxylation is 1. The van der Waals surface area contributed by atoms with Crippen molar-refractivity contribution in [1.29, 1.82) is 0 Å². The summed E-state index contributed by atoms with van der Waals surface area (Å²) >= 11 is 1.15. The normalized spacial score (nSPS) is 11.2. The van der Waals surface area contributed by atoms with Gasteiger partial charge in [0.05, 0.1) is 24.1 Å². The Morgan fingerprint density at radius 3 is 2.75 bits per heavy atom. The van der Waals surface area contributed by atoms with Crippen LogP contribution in [-0.2, 0) is 18.4 Å². The minimum Gasteiger partial charge on any atom is -0.497 e. The first-order valence-corrected chi connectivity index (χ1v) is 11.2. The van der Waals surface area contributed by atoms with Crippen molar-refractivity contribution < 1.29 is 13.9 Å². The summed E-state index contributed by atoms with van der Waals surface area (Å²) < 4.78 is 22.6. The van der Waals surface area contributed by atoms with E-state index in [0.717, 1.165) is 29.1 Å². The largest absolute Gasteiger partial charge is 0.497 e. The first-order valence-electron chi connectivity index (χ1n) is 10.2. The van der Waals surface area contributed by atoms with E-state index in [2.05, 4.69) is 5.32 Å². The molecule has 0 saturated heterocycles. The van der Waals surface area contributed by atoms with Crippen LogP contribution in [0.25, 0.3) is 21.9 Å². The maximum absolute atomic E-state index is 13.8. The van der Waals surface area contributed by atoms with Crippen LogP contribution in [0.4, 0.5) is 10.1 Å². The standard InChI is InChI=1S/C23H23FN4O3S/c1-4-11-28-22(30)21-20(15-12-14(31-3)9-10-18(15)27(21)2)26-23(28)32-13-19(29)25-17-8-6-5-7-16(17)24/h5-10,12H,4,11,13H2,1-3H3,(H,25,29). The fourth-order valence-electron chi connectivity index (χ4n) is 3.67. The fraction of sp³-hybridized carbons (Fsp3) is 0.261. The summed E-state index contributed by atoms with van der Waals surface area (Å²) in [5.41, 5.74) is 1.89. The Kier molecular flexibility index (Phi) is 6.18. The number of carbonyl (C=O) groups is 1. The second kappa shape index (κ2) is 9.04. The van der Waals surface area contributed by atoms with Crippen molar-refractivity contribution in [2.24, 2.45) is 7.05 Å². The van der Waals surface area contributed by atoms with Crippen molar-refractivity contribution >= 4 is 45.3 Å².